The molecule has 98 valence electrons. The van der Waals surface area contributed by atoms with E-state index in [1.165, 1.54) is 18.2 Å². The van der Waals surface area contributed by atoms with Gasteiger partial charge in [0.25, 0.3) is 0 Å². The zero-order valence-electron chi connectivity index (χ0n) is 9.84. The lowest BCUT2D eigenvalue weighted by Gasteiger charge is -2.03. The van der Waals surface area contributed by atoms with Crippen LogP contribution in [-0.2, 0) is 9.84 Å². The van der Waals surface area contributed by atoms with Crippen molar-refractivity contribution in [3.63, 3.8) is 0 Å². The molecule has 0 bridgehead atoms. The summed E-state index contributed by atoms with van der Waals surface area (Å²) in [5.74, 6) is -0.509. The van der Waals surface area contributed by atoms with E-state index in [-0.39, 0.29) is 20.3 Å². The molecule has 0 unspecified atom stereocenters. The first-order valence-electron chi connectivity index (χ1n) is 5.13. The van der Waals surface area contributed by atoms with Crippen molar-refractivity contribution in [2.75, 3.05) is 12.0 Å². The fourth-order valence-corrected chi connectivity index (χ4v) is 3.94. The van der Waals surface area contributed by atoms with Gasteiger partial charge in [0.15, 0.2) is 9.84 Å². The van der Waals surface area contributed by atoms with Crippen LogP contribution in [0.25, 0.3) is 11.1 Å². The Kier molecular flexibility index (Phi) is 3.30. The van der Waals surface area contributed by atoms with E-state index in [0.717, 1.165) is 17.6 Å². The third-order valence-electron chi connectivity index (χ3n) is 2.47. The molecule has 0 spiro atoms. The molecule has 0 amide bonds. The predicted octanol–water partition coefficient (Wildman–Crippen LogP) is 2.41. The van der Waals surface area contributed by atoms with Gasteiger partial charge in [-0.15, -0.1) is 11.3 Å². The van der Waals surface area contributed by atoms with E-state index in [1.807, 2.05) is 6.07 Å². The number of thiophene rings is 1. The van der Waals surface area contributed by atoms with Crippen LogP contribution in [0.2, 0.25) is 0 Å². The van der Waals surface area contributed by atoms with E-state index in [9.17, 15) is 12.8 Å². The van der Waals surface area contributed by atoms with Crippen molar-refractivity contribution >= 4 is 26.2 Å². The van der Waals surface area contributed by atoms with Gasteiger partial charge in [-0.25, -0.2) is 12.8 Å². The summed E-state index contributed by atoms with van der Waals surface area (Å²) < 4.78 is 36.7. The SMILES string of the molecule is CS(=O)(=O)c1sc(N)c(C#N)c1-c1cccc(F)c1. The van der Waals surface area contributed by atoms with Gasteiger partial charge in [0.1, 0.15) is 21.1 Å². The third-order valence-corrected chi connectivity index (χ3v) is 5.31. The zero-order chi connectivity index (χ0) is 14.2. The maximum absolute atomic E-state index is 13.3. The van der Waals surface area contributed by atoms with Gasteiger partial charge in [-0.3, -0.25) is 0 Å². The number of anilines is 1. The molecule has 4 nitrogen and oxygen atoms in total. The average molecular weight is 296 g/mol. The predicted molar refractivity (Wildman–Crippen MR) is 72.0 cm³/mol. The fourth-order valence-electron chi connectivity index (χ4n) is 1.71. The van der Waals surface area contributed by atoms with Crippen molar-refractivity contribution in [3.8, 4) is 17.2 Å². The maximum Gasteiger partial charge on any atom is 0.185 e. The second kappa shape index (κ2) is 4.64. The summed E-state index contributed by atoms with van der Waals surface area (Å²) in [7, 11) is -3.54. The van der Waals surface area contributed by atoms with E-state index in [1.54, 1.807) is 6.07 Å². The molecule has 2 aromatic rings. The highest BCUT2D eigenvalue weighted by Crippen LogP contribution is 2.41. The number of rotatable bonds is 2. The summed E-state index contributed by atoms with van der Waals surface area (Å²) >= 11 is 0.818. The number of hydrogen-bond donors (Lipinski definition) is 1. The molecule has 0 saturated carbocycles. The number of nitriles is 1. The molecule has 1 aromatic carbocycles. The van der Waals surface area contributed by atoms with Gasteiger partial charge in [0.2, 0.25) is 0 Å². The highest BCUT2D eigenvalue weighted by Gasteiger charge is 2.24. The standard InChI is InChI=1S/C12H9FN2O2S2/c1-19(16,17)12-10(9(6-14)11(15)18-12)7-3-2-4-8(13)5-7/h2-5H,15H2,1H3. The van der Waals surface area contributed by atoms with Crippen LogP contribution < -0.4 is 5.73 Å². The summed E-state index contributed by atoms with van der Waals surface area (Å²) in [4.78, 5) is 0. The van der Waals surface area contributed by atoms with Gasteiger partial charge >= 0.3 is 0 Å². The Bertz CT molecular complexity index is 789. The molecule has 0 fully saturated rings. The van der Waals surface area contributed by atoms with Gasteiger partial charge in [0, 0.05) is 11.8 Å². The molecule has 2 rings (SSSR count). The minimum Gasteiger partial charge on any atom is -0.389 e. The molecular weight excluding hydrogens is 287 g/mol. The van der Waals surface area contributed by atoms with Crippen LogP contribution in [0.3, 0.4) is 0 Å². The van der Waals surface area contributed by atoms with Crippen molar-refractivity contribution in [2.24, 2.45) is 0 Å². The normalized spacial score (nSPS) is 11.2. The summed E-state index contributed by atoms with van der Waals surface area (Å²) in [6.07, 6.45) is 1.03. The Hall–Kier alpha value is -1.91. The van der Waals surface area contributed by atoms with Crippen LogP contribution in [0.15, 0.2) is 28.5 Å². The largest absolute Gasteiger partial charge is 0.389 e. The molecule has 0 atom stereocenters. The first-order valence-corrected chi connectivity index (χ1v) is 7.83. The Morgan fingerprint density at radius 2 is 2.11 bits per heavy atom. The van der Waals surface area contributed by atoms with Crippen LogP contribution in [0.1, 0.15) is 5.56 Å². The Morgan fingerprint density at radius 3 is 2.63 bits per heavy atom. The monoisotopic (exact) mass is 296 g/mol. The molecular formula is C12H9FN2O2S2. The van der Waals surface area contributed by atoms with Crippen LogP contribution in [0, 0.1) is 17.1 Å². The number of halogens is 1. The first kappa shape index (κ1) is 13.5. The number of benzene rings is 1. The van der Waals surface area contributed by atoms with Gasteiger partial charge in [0.05, 0.1) is 5.56 Å². The summed E-state index contributed by atoms with van der Waals surface area (Å²) in [5, 5.41) is 9.21. The third kappa shape index (κ3) is 2.45. The molecule has 0 saturated heterocycles. The van der Waals surface area contributed by atoms with Crippen molar-refractivity contribution in [1.82, 2.24) is 0 Å². The van der Waals surface area contributed by atoms with E-state index < -0.39 is 15.7 Å². The van der Waals surface area contributed by atoms with E-state index in [0.29, 0.717) is 5.56 Å². The minimum atomic E-state index is -3.54. The molecule has 0 aliphatic rings. The highest BCUT2D eigenvalue weighted by molar-refractivity contribution is 7.93. The summed E-state index contributed by atoms with van der Waals surface area (Å²) in [6, 6.07) is 7.28. The lowest BCUT2D eigenvalue weighted by molar-refractivity contribution is 0.604. The number of nitrogen functional groups attached to an aromatic ring is 1. The van der Waals surface area contributed by atoms with Crippen molar-refractivity contribution in [3.05, 3.63) is 35.6 Å². The van der Waals surface area contributed by atoms with Gasteiger partial charge < -0.3 is 5.73 Å². The van der Waals surface area contributed by atoms with Crippen molar-refractivity contribution in [1.29, 1.82) is 5.26 Å². The quantitative estimate of drug-likeness (QED) is 0.922. The molecule has 7 heteroatoms. The molecule has 1 aromatic heterocycles. The van der Waals surface area contributed by atoms with Crippen LogP contribution in [0.5, 0.6) is 0 Å². The van der Waals surface area contributed by atoms with E-state index in [4.69, 9.17) is 11.0 Å². The lowest BCUT2D eigenvalue weighted by atomic mass is 10.0. The van der Waals surface area contributed by atoms with Gasteiger partial charge in [-0.05, 0) is 17.7 Å². The zero-order valence-corrected chi connectivity index (χ0v) is 11.5. The van der Waals surface area contributed by atoms with Crippen LogP contribution in [0.4, 0.5) is 9.39 Å². The molecule has 0 aliphatic carbocycles. The number of nitrogens with zero attached hydrogens (tertiary/aromatic N) is 1. The van der Waals surface area contributed by atoms with E-state index >= 15 is 0 Å². The second-order valence-corrected chi connectivity index (χ2v) is 7.16. The Labute approximate surface area is 113 Å². The average Bonchev–Trinajstić information content (AvgIpc) is 2.66. The lowest BCUT2D eigenvalue weighted by Crippen LogP contribution is -1.97. The van der Waals surface area contributed by atoms with Gasteiger partial charge in [-0.1, -0.05) is 12.1 Å². The highest BCUT2D eigenvalue weighted by atomic mass is 32.2. The topological polar surface area (TPSA) is 83.9 Å². The Morgan fingerprint density at radius 1 is 1.42 bits per heavy atom. The fraction of sp³-hybridized carbons (Fsp3) is 0.0833. The van der Waals surface area contributed by atoms with E-state index in [2.05, 4.69) is 0 Å². The Balaban J connectivity index is 2.86. The maximum atomic E-state index is 13.3. The van der Waals surface area contributed by atoms with Crippen molar-refractivity contribution < 1.29 is 12.8 Å². The number of nitrogens with two attached hydrogens (primary N) is 1. The number of hydrogen-bond acceptors (Lipinski definition) is 5. The van der Waals surface area contributed by atoms with Crippen molar-refractivity contribution in [2.45, 2.75) is 4.21 Å². The van der Waals surface area contributed by atoms with Crippen LogP contribution >= 0.6 is 11.3 Å². The van der Waals surface area contributed by atoms with Gasteiger partial charge in [-0.2, -0.15) is 5.26 Å². The molecule has 0 aliphatic heterocycles. The smallest absolute Gasteiger partial charge is 0.185 e. The second-order valence-electron chi connectivity index (χ2n) is 3.90. The molecule has 0 radical (unpaired) electrons. The number of sulfone groups is 1. The molecule has 19 heavy (non-hydrogen) atoms. The summed E-state index contributed by atoms with van der Waals surface area (Å²) in [5.41, 5.74) is 6.23. The minimum absolute atomic E-state index is 0.0212. The first-order chi connectivity index (χ1) is 8.84. The summed E-state index contributed by atoms with van der Waals surface area (Å²) in [6.45, 7) is 0. The molecule has 1 heterocycles. The molecule has 2 N–H and O–H groups in total. The van der Waals surface area contributed by atoms with Crippen LogP contribution in [-0.4, -0.2) is 14.7 Å².